The minimum atomic E-state index is -0.370. The lowest BCUT2D eigenvalue weighted by Crippen LogP contribution is -2.38. The van der Waals surface area contributed by atoms with Crippen LogP contribution in [-0.2, 0) is 0 Å². The molecule has 2 N–H and O–H groups in total. The summed E-state index contributed by atoms with van der Waals surface area (Å²) in [5.41, 5.74) is 1.47. The zero-order valence-electron chi connectivity index (χ0n) is 10.3. The summed E-state index contributed by atoms with van der Waals surface area (Å²) in [7, 11) is 0. The van der Waals surface area contributed by atoms with Gasteiger partial charge < -0.3 is 10.6 Å². The lowest BCUT2D eigenvalue weighted by atomic mass is 10.1. The SMILES string of the molecule is O=[N+]([O-])c1cnc2ccsc2c1N[C@H]1CCCNC1. The van der Waals surface area contributed by atoms with Gasteiger partial charge in [-0.05, 0) is 30.8 Å². The number of thiophene rings is 1. The lowest BCUT2D eigenvalue weighted by Gasteiger charge is -2.24. The summed E-state index contributed by atoms with van der Waals surface area (Å²) in [4.78, 5) is 14.9. The van der Waals surface area contributed by atoms with Gasteiger partial charge in [0.15, 0.2) is 0 Å². The molecule has 0 radical (unpaired) electrons. The highest BCUT2D eigenvalue weighted by molar-refractivity contribution is 7.17. The molecule has 100 valence electrons. The summed E-state index contributed by atoms with van der Waals surface area (Å²) in [6.07, 6.45) is 3.46. The molecule has 0 aliphatic carbocycles. The van der Waals surface area contributed by atoms with E-state index in [0.29, 0.717) is 5.69 Å². The van der Waals surface area contributed by atoms with E-state index >= 15 is 0 Å². The summed E-state index contributed by atoms with van der Waals surface area (Å²) in [5, 5.41) is 19.7. The van der Waals surface area contributed by atoms with E-state index in [1.54, 1.807) is 0 Å². The number of piperidine rings is 1. The standard InChI is InChI=1S/C12H14N4O2S/c17-16(18)10-7-14-9-3-5-19-12(9)11(10)15-8-2-1-4-13-6-8/h3,5,7-8,13H,1-2,4,6H2,(H,14,15)/t8-/m0/s1. The van der Waals surface area contributed by atoms with Crippen LogP contribution in [-0.4, -0.2) is 29.0 Å². The summed E-state index contributed by atoms with van der Waals surface area (Å²) in [5.74, 6) is 0. The molecule has 3 heterocycles. The number of fused-ring (bicyclic) bond motifs is 1. The fraction of sp³-hybridized carbons (Fsp3) is 0.417. The smallest absolute Gasteiger partial charge is 0.311 e. The highest BCUT2D eigenvalue weighted by atomic mass is 32.1. The van der Waals surface area contributed by atoms with Crippen molar-refractivity contribution in [1.29, 1.82) is 0 Å². The molecule has 2 aromatic heterocycles. The minimum absolute atomic E-state index is 0.0560. The third-order valence-corrected chi connectivity index (χ3v) is 4.22. The quantitative estimate of drug-likeness (QED) is 0.665. The monoisotopic (exact) mass is 278 g/mol. The molecule has 0 aromatic carbocycles. The predicted octanol–water partition coefficient (Wildman–Crippen LogP) is 2.37. The molecular weight excluding hydrogens is 264 g/mol. The molecule has 0 saturated carbocycles. The van der Waals surface area contributed by atoms with Gasteiger partial charge in [0.25, 0.3) is 0 Å². The van der Waals surface area contributed by atoms with Crippen molar-refractivity contribution in [3.05, 3.63) is 27.8 Å². The Hall–Kier alpha value is -1.73. The molecule has 1 atom stereocenters. The van der Waals surface area contributed by atoms with E-state index in [9.17, 15) is 10.1 Å². The average molecular weight is 278 g/mol. The van der Waals surface area contributed by atoms with E-state index in [0.717, 1.165) is 36.1 Å². The highest BCUT2D eigenvalue weighted by Gasteiger charge is 2.22. The van der Waals surface area contributed by atoms with Gasteiger partial charge in [0.05, 0.1) is 15.1 Å². The first-order valence-corrected chi connectivity index (χ1v) is 7.11. The minimum Gasteiger partial charge on any atom is -0.374 e. The second kappa shape index (κ2) is 5.10. The van der Waals surface area contributed by atoms with Gasteiger partial charge in [-0.2, -0.15) is 0 Å². The molecule has 0 bridgehead atoms. The van der Waals surface area contributed by atoms with Crippen LogP contribution in [0.25, 0.3) is 10.2 Å². The molecule has 3 rings (SSSR count). The largest absolute Gasteiger partial charge is 0.374 e. The van der Waals surface area contributed by atoms with E-state index in [2.05, 4.69) is 15.6 Å². The lowest BCUT2D eigenvalue weighted by molar-refractivity contribution is -0.384. The number of aromatic nitrogens is 1. The van der Waals surface area contributed by atoms with E-state index in [1.165, 1.54) is 17.5 Å². The summed E-state index contributed by atoms with van der Waals surface area (Å²) >= 11 is 1.48. The number of rotatable bonds is 3. The summed E-state index contributed by atoms with van der Waals surface area (Å²) in [6, 6.07) is 2.12. The van der Waals surface area contributed by atoms with Crippen LogP contribution in [0.4, 0.5) is 11.4 Å². The van der Waals surface area contributed by atoms with Crippen molar-refractivity contribution in [3.8, 4) is 0 Å². The van der Waals surface area contributed by atoms with E-state index in [-0.39, 0.29) is 16.7 Å². The Bertz CT molecular complexity index is 607. The van der Waals surface area contributed by atoms with Crippen LogP contribution >= 0.6 is 11.3 Å². The molecule has 2 aromatic rings. The topological polar surface area (TPSA) is 80.1 Å². The first kappa shape index (κ1) is 12.3. The Labute approximate surface area is 114 Å². The number of nitrogens with zero attached hydrogens (tertiary/aromatic N) is 2. The number of hydrogen-bond acceptors (Lipinski definition) is 6. The van der Waals surface area contributed by atoms with Gasteiger partial charge >= 0.3 is 5.69 Å². The molecule has 1 fully saturated rings. The molecule has 6 nitrogen and oxygen atoms in total. The Morgan fingerprint density at radius 3 is 3.21 bits per heavy atom. The zero-order chi connectivity index (χ0) is 13.2. The van der Waals surface area contributed by atoms with Crippen molar-refractivity contribution in [2.75, 3.05) is 18.4 Å². The number of hydrogen-bond donors (Lipinski definition) is 2. The molecule has 0 amide bonds. The molecule has 1 saturated heterocycles. The summed E-state index contributed by atoms with van der Waals surface area (Å²) < 4.78 is 0.861. The molecule has 0 spiro atoms. The normalized spacial score (nSPS) is 19.5. The maximum atomic E-state index is 11.1. The number of nitrogens with one attached hydrogen (secondary N) is 2. The van der Waals surface area contributed by atoms with E-state index in [4.69, 9.17) is 0 Å². The Balaban J connectivity index is 2.00. The fourth-order valence-electron chi connectivity index (χ4n) is 2.36. The number of anilines is 1. The van der Waals surface area contributed by atoms with Gasteiger partial charge in [-0.25, -0.2) is 4.98 Å². The van der Waals surface area contributed by atoms with Gasteiger partial charge in [0, 0.05) is 12.6 Å². The maximum Gasteiger partial charge on any atom is 0.311 e. The van der Waals surface area contributed by atoms with Crippen LogP contribution in [0, 0.1) is 10.1 Å². The second-order valence-electron chi connectivity index (χ2n) is 4.60. The fourth-order valence-corrected chi connectivity index (χ4v) is 3.22. The van der Waals surface area contributed by atoms with Crippen molar-refractivity contribution in [3.63, 3.8) is 0 Å². The van der Waals surface area contributed by atoms with Crippen molar-refractivity contribution < 1.29 is 4.92 Å². The van der Waals surface area contributed by atoms with Crippen molar-refractivity contribution >= 4 is 32.9 Å². The second-order valence-corrected chi connectivity index (χ2v) is 5.51. The first-order chi connectivity index (χ1) is 9.25. The Morgan fingerprint density at radius 2 is 2.47 bits per heavy atom. The molecule has 19 heavy (non-hydrogen) atoms. The Morgan fingerprint density at radius 1 is 1.58 bits per heavy atom. The van der Waals surface area contributed by atoms with Crippen LogP contribution in [0.1, 0.15) is 12.8 Å². The molecule has 0 unspecified atom stereocenters. The molecule has 1 aliphatic rings. The van der Waals surface area contributed by atoms with Crippen LogP contribution in [0.3, 0.4) is 0 Å². The number of nitro groups is 1. The average Bonchev–Trinajstić information content (AvgIpc) is 2.88. The zero-order valence-corrected chi connectivity index (χ0v) is 11.1. The molecule has 7 heteroatoms. The van der Waals surface area contributed by atoms with Crippen LogP contribution in [0.5, 0.6) is 0 Å². The maximum absolute atomic E-state index is 11.1. The van der Waals surface area contributed by atoms with E-state index in [1.807, 2.05) is 11.4 Å². The van der Waals surface area contributed by atoms with Gasteiger partial charge in [0.2, 0.25) is 0 Å². The number of pyridine rings is 1. The van der Waals surface area contributed by atoms with Crippen LogP contribution in [0.2, 0.25) is 0 Å². The van der Waals surface area contributed by atoms with E-state index < -0.39 is 0 Å². The Kier molecular flexibility index (Phi) is 3.31. The van der Waals surface area contributed by atoms with Gasteiger partial charge in [0.1, 0.15) is 11.9 Å². The molecular formula is C12H14N4O2S. The highest BCUT2D eigenvalue weighted by Crippen LogP contribution is 2.35. The van der Waals surface area contributed by atoms with Gasteiger partial charge in [-0.3, -0.25) is 10.1 Å². The predicted molar refractivity (Wildman–Crippen MR) is 75.8 cm³/mol. The van der Waals surface area contributed by atoms with Crippen LogP contribution < -0.4 is 10.6 Å². The summed E-state index contributed by atoms with van der Waals surface area (Å²) in [6.45, 7) is 1.86. The van der Waals surface area contributed by atoms with Crippen molar-refractivity contribution in [2.24, 2.45) is 0 Å². The van der Waals surface area contributed by atoms with Crippen molar-refractivity contribution in [2.45, 2.75) is 18.9 Å². The van der Waals surface area contributed by atoms with Crippen molar-refractivity contribution in [1.82, 2.24) is 10.3 Å². The van der Waals surface area contributed by atoms with Crippen LogP contribution in [0.15, 0.2) is 17.6 Å². The van der Waals surface area contributed by atoms with Gasteiger partial charge in [-0.15, -0.1) is 11.3 Å². The third-order valence-electron chi connectivity index (χ3n) is 3.30. The molecule has 1 aliphatic heterocycles. The first-order valence-electron chi connectivity index (χ1n) is 6.23. The van der Waals surface area contributed by atoms with Gasteiger partial charge in [-0.1, -0.05) is 0 Å². The third kappa shape index (κ3) is 2.39.